The van der Waals surface area contributed by atoms with E-state index in [1.54, 1.807) is 23.1 Å². The van der Waals surface area contributed by atoms with Gasteiger partial charge in [0.2, 0.25) is 5.91 Å². The standard InChI is InChI=1S/C19H20ClN3O4/c1-26-16-10-14(21)13(20)9-12(16)19(25)22-11-5-6-15(17(8-11)27-2)23-7-3-4-18(23)24/h5-6,8-10H,3-4,7,21H2,1-2H3,(H,22,25). The Hall–Kier alpha value is -2.93. The molecule has 2 aromatic carbocycles. The van der Waals surface area contributed by atoms with Crippen LogP contribution in [0.15, 0.2) is 30.3 Å². The van der Waals surface area contributed by atoms with Crippen molar-refractivity contribution in [3.05, 3.63) is 40.9 Å². The molecule has 142 valence electrons. The van der Waals surface area contributed by atoms with E-state index < -0.39 is 5.91 Å². The van der Waals surface area contributed by atoms with Gasteiger partial charge in [-0.3, -0.25) is 9.59 Å². The number of nitrogens with zero attached hydrogens (tertiary/aromatic N) is 1. The van der Waals surface area contributed by atoms with Gasteiger partial charge in [-0.2, -0.15) is 0 Å². The lowest BCUT2D eigenvalue weighted by molar-refractivity contribution is -0.117. The number of nitrogen functional groups attached to an aromatic ring is 1. The lowest BCUT2D eigenvalue weighted by Gasteiger charge is -2.20. The molecule has 27 heavy (non-hydrogen) atoms. The van der Waals surface area contributed by atoms with Crippen molar-refractivity contribution in [1.29, 1.82) is 0 Å². The number of ether oxygens (including phenoxy) is 2. The zero-order valence-corrected chi connectivity index (χ0v) is 15.8. The van der Waals surface area contributed by atoms with E-state index in [9.17, 15) is 9.59 Å². The van der Waals surface area contributed by atoms with Gasteiger partial charge in [-0.05, 0) is 24.6 Å². The van der Waals surface area contributed by atoms with Crippen LogP contribution in [0.1, 0.15) is 23.2 Å². The first-order valence-corrected chi connectivity index (χ1v) is 8.75. The molecule has 1 saturated heterocycles. The van der Waals surface area contributed by atoms with Crippen LogP contribution in [-0.4, -0.2) is 32.6 Å². The number of nitrogens with two attached hydrogens (primary N) is 1. The third-order valence-corrected chi connectivity index (χ3v) is 4.69. The molecule has 7 nitrogen and oxygen atoms in total. The van der Waals surface area contributed by atoms with E-state index in [0.717, 1.165) is 6.42 Å². The number of carbonyl (C=O) groups is 2. The van der Waals surface area contributed by atoms with Crippen LogP contribution in [0, 0.1) is 0 Å². The number of hydrogen-bond acceptors (Lipinski definition) is 5. The minimum Gasteiger partial charge on any atom is -0.496 e. The van der Waals surface area contributed by atoms with Gasteiger partial charge in [0.25, 0.3) is 5.91 Å². The third kappa shape index (κ3) is 3.78. The van der Waals surface area contributed by atoms with Crippen LogP contribution in [0.5, 0.6) is 11.5 Å². The van der Waals surface area contributed by atoms with Crippen molar-refractivity contribution in [2.24, 2.45) is 0 Å². The van der Waals surface area contributed by atoms with Gasteiger partial charge in [0.15, 0.2) is 0 Å². The number of carbonyl (C=O) groups excluding carboxylic acids is 2. The third-order valence-electron chi connectivity index (χ3n) is 4.37. The fourth-order valence-electron chi connectivity index (χ4n) is 3.00. The maximum absolute atomic E-state index is 12.7. The average Bonchev–Trinajstić information content (AvgIpc) is 3.09. The molecule has 2 amide bonds. The summed E-state index contributed by atoms with van der Waals surface area (Å²) in [5, 5.41) is 3.05. The largest absolute Gasteiger partial charge is 0.496 e. The number of hydrogen-bond donors (Lipinski definition) is 2. The molecule has 0 aromatic heterocycles. The average molecular weight is 390 g/mol. The van der Waals surface area contributed by atoms with Gasteiger partial charge in [-0.1, -0.05) is 11.6 Å². The Labute approximate surface area is 162 Å². The second kappa shape index (κ2) is 7.75. The molecule has 0 spiro atoms. The Morgan fingerprint density at radius 3 is 2.56 bits per heavy atom. The van der Waals surface area contributed by atoms with Crippen LogP contribution in [0.4, 0.5) is 17.1 Å². The predicted octanol–water partition coefficient (Wildman–Crippen LogP) is 3.32. The van der Waals surface area contributed by atoms with E-state index in [0.29, 0.717) is 41.5 Å². The maximum Gasteiger partial charge on any atom is 0.259 e. The van der Waals surface area contributed by atoms with Crippen LogP contribution in [0.25, 0.3) is 0 Å². The summed E-state index contributed by atoms with van der Waals surface area (Å²) < 4.78 is 10.6. The lowest BCUT2D eigenvalue weighted by atomic mass is 10.1. The maximum atomic E-state index is 12.7. The van der Waals surface area contributed by atoms with Gasteiger partial charge in [0, 0.05) is 30.8 Å². The molecule has 2 aromatic rings. The van der Waals surface area contributed by atoms with E-state index in [2.05, 4.69) is 5.32 Å². The first-order valence-electron chi connectivity index (χ1n) is 8.37. The Morgan fingerprint density at radius 1 is 1.19 bits per heavy atom. The predicted molar refractivity (Wildman–Crippen MR) is 105 cm³/mol. The summed E-state index contributed by atoms with van der Waals surface area (Å²) in [5.74, 6) is 0.484. The molecule has 3 N–H and O–H groups in total. The summed E-state index contributed by atoms with van der Waals surface area (Å²) in [6.07, 6.45) is 1.34. The molecule has 1 aliphatic rings. The summed E-state index contributed by atoms with van der Waals surface area (Å²) in [6.45, 7) is 0.655. The minimum atomic E-state index is -0.402. The topological polar surface area (TPSA) is 93.9 Å². The van der Waals surface area contributed by atoms with Crippen molar-refractivity contribution in [3.63, 3.8) is 0 Å². The van der Waals surface area contributed by atoms with Crippen molar-refractivity contribution in [2.45, 2.75) is 12.8 Å². The molecule has 0 unspecified atom stereocenters. The molecule has 0 radical (unpaired) electrons. The molecule has 0 atom stereocenters. The van der Waals surface area contributed by atoms with Crippen LogP contribution in [0.3, 0.4) is 0 Å². The summed E-state index contributed by atoms with van der Waals surface area (Å²) in [7, 11) is 2.97. The SMILES string of the molecule is COc1cc(N)c(Cl)cc1C(=O)Nc1ccc(N2CCCC2=O)c(OC)c1. The van der Waals surface area contributed by atoms with Gasteiger partial charge in [0.05, 0.1) is 36.2 Å². The number of amides is 2. The monoisotopic (exact) mass is 389 g/mol. The molecule has 1 fully saturated rings. The van der Waals surface area contributed by atoms with Gasteiger partial charge < -0.3 is 25.4 Å². The number of methoxy groups -OCH3 is 2. The second-order valence-electron chi connectivity index (χ2n) is 6.06. The first-order chi connectivity index (χ1) is 12.9. The van der Waals surface area contributed by atoms with Gasteiger partial charge in [-0.15, -0.1) is 0 Å². The van der Waals surface area contributed by atoms with E-state index in [1.165, 1.54) is 26.4 Å². The summed E-state index contributed by atoms with van der Waals surface area (Å²) in [5.41, 5.74) is 7.54. The lowest BCUT2D eigenvalue weighted by Crippen LogP contribution is -2.24. The normalized spacial score (nSPS) is 13.6. The molecule has 0 bridgehead atoms. The second-order valence-corrected chi connectivity index (χ2v) is 6.47. The summed E-state index contributed by atoms with van der Waals surface area (Å²) in [6, 6.07) is 8.10. The van der Waals surface area contributed by atoms with Crippen LogP contribution in [0.2, 0.25) is 5.02 Å². The van der Waals surface area contributed by atoms with E-state index in [4.69, 9.17) is 26.8 Å². The van der Waals surface area contributed by atoms with Crippen molar-refractivity contribution < 1.29 is 19.1 Å². The highest BCUT2D eigenvalue weighted by molar-refractivity contribution is 6.33. The number of rotatable bonds is 5. The Bertz CT molecular complexity index is 901. The molecule has 3 rings (SSSR count). The molecule has 1 heterocycles. The van der Waals surface area contributed by atoms with Crippen molar-refractivity contribution >= 4 is 40.5 Å². The molecular formula is C19H20ClN3O4. The van der Waals surface area contributed by atoms with Crippen molar-refractivity contribution in [2.75, 3.05) is 36.7 Å². The highest BCUT2D eigenvalue weighted by atomic mass is 35.5. The highest BCUT2D eigenvalue weighted by Crippen LogP contribution is 2.34. The van der Waals surface area contributed by atoms with E-state index >= 15 is 0 Å². The van der Waals surface area contributed by atoms with Gasteiger partial charge in [-0.25, -0.2) is 0 Å². The Balaban J connectivity index is 1.87. The van der Waals surface area contributed by atoms with Crippen molar-refractivity contribution in [3.8, 4) is 11.5 Å². The fraction of sp³-hybridized carbons (Fsp3) is 0.263. The number of benzene rings is 2. The van der Waals surface area contributed by atoms with E-state index in [1.807, 2.05) is 0 Å². The first kappa shape index (κ1) is 18.8. The Morgan fingerprint density at radius 2 is 1.93 bits per heavy atom. The van der Waals surface area contributed by atoms with Crippen LogP contribution < -0.4 is 25.4 Å². The molecular weight excluding hydrogens is 370 g/mol. The number of anilines is 3. The van der Waals surface area contributed by atoms with Gasteiger partial charge in [0.1, 0.15) is 11.5 Å². The van der Waals surface area contributed by atoms with Crippen molar-refractivity contribution in [1.82, 2.24) is 0 Å². The molecule has 1 aliphatic heterocycles. The molecule has 0 aliphatic carbocycles. The highest BCUT2D eigenvalue weighted by Gasteiger charge is 2.25. The molecule has 0 saturated carbocycles. The quantitative estimate of drug-likeness (QED) is 0.765. The zero-order valence-electron chi connectivity index (χ0n) is 15.0. The van der Waals surface area contributed by atoms with Gasteiger partial charge >= 0.3 is 0 Å². The summed E-state index contributed by atoms with van der Waals surface area (Å²) >= 11 is 6.03. The number of halogens is 1. The van der Waals surface area contributed by atoms with Crippen LogP contribution in [-0.2, 0) is 4.79 Å². The molecule has 8 heteroatoms. The smallest absolute Gasteiger partial charge is 0.259 e. The van der Waals surface area contributed by atoms with Crippen LogP contribution >= 0.6 is 11.6 Å². The summed E-state index contributed by atoms with van der Waals surface area (Å²) in [4.78, 5) is 26.3. The minimum absolute atomic E-state index is 0.0614. The Kier molecular flexibility index (Phi) is 5.41. The fourth-order valence-corrected chi connectivity index (χ4v) is 3.16. The zero-order chi connectivity index (χ0) is 19.6. The number of nitrogens with one attached hydrogen (secondary N) is 1. The van der Waals surface area contributed by atoms with E-state index in [-0.39, 0.29) is 16.5 Å².